The van der Waals surface area contributed by atoms with Gasteiger partial charge in [0.25, 0.3) is 0 Å². The van der Waals surface area contributed by atoms with Crippen molar-refractivity contribution >= 4 is 40.3 Å². The number of thiocarbonyl (C=S) groups is 1. The van der Waals surface area contributed by atoms with Crippen molar-refractivity contribution in [1.29, 1.82) is 0 Å². The van der Waals surface area contributed by atoms with E-state index in [0.717, 1.165) is 24.3 Å². The highest BCUT2D eigenvalue weighted by atomic mass is 32.1. The molecular weight excluding hydrogens is 503 g/mol. The first-order chi connectivity index (χ1) is 15.6. The summed E-state index contributed by atoms with van der Waals surface area (Å²) in [6.45, 7) is 1.44. The normalized spacial score (nSPS) is 12.8. The molecule has 0 aliphatic heterocycles. The number of halogens is 9. The van der Waals surface area contributed by atoms with Crippen molar-refractivity contribution < 1.29 is 44.3 Å². The SMILES string of the molecule is C/C(=N\NC(=S)Nc1ccc(F)cc1F)c1ccc(NC(=O)C(F)(F)C(F)(F)C(F)(F)F)cc1. The third kappa shape index (κ3) is 5.95. The Labute approximate surface area is 191 Å². The van der Waals surface area contributed by atoms with E-state index >= 15 is 0 Å². The Morgan fingerprint density at radius 3 is 2.03 bits per heavy atom. The van der Waals surface area contributed by atoms with Crippen molar-refractivity contribution in [2.24, 2.45) is 5.10 Å². The van der Waals surface area contributed by atoms with Gasteiger partial charge in [0.15, 0.2) is 5.11 Å². The number of hydrazone groups is 1. The predicted molar refractivity (Wildman–Crippen MR) is 109 cm³/mol. The van der Waals surface area contributed by atoms with Gasteiger partial charge in [-0.1, -0.05) is 12.1 Å². The Balaban J connectivity index is 2.03. The monoisotopic (exact) mass is 516 g/mol. The molecule has 0 saturated carbocycles. The zero-order valence-corrected chi connectivity index (χ0v) is 17.5. The third-order valence-electron chi connectivity index (χ3n) is 4.10. The van der Waals surface area contributed by atoms with Crippen LogP contribution in [0.2, 0.25) is 0 Å². The average molecular weight is 516 g/mol. The number of hydrogen-bond acceptors (Lipinski definition) is 3. The fraction of sp³-hybridized carbons (Fsp3) is 0.211. The van der Waals surface area contributed by atoms with Gasteiger partial charge in [-0.15, -0.1) is 0 Å². The van der Waals surface area contributed by atoms with Crippen LogP contribution < -0.4 is 16.1 Å². The maximum absolute atomic E-state index is 13.6. The van der Waals surface area contributed by atoms with Crippen molar-refractivity contribution in [3.63, 3.8) is 0 Å². The van der Waals surface area contributed by atoms with Crippen molar-refractivity contribution in [3.05, 3.63) is 59.7 Å². The zero-order chi connectivity index (χ0) is 25.9. The van der Waals surface area contributed by atoms with Crippen molar-refractivity contribution in [2.75, 3.05) is 10.6 Å². The molecule has 0 atom stereocenters. The van der Waals surface area contributed by atoms with E-state index in [-0.39, 0.29) is 16.5 Å². The highest BCUT2D eigenvalue weighted by molar-refractivity contribution is 7.80. The minimum absolute atomic E-state index is 0.139. The molecule has 184 valence electrons. The van der Waals surface area contributed by atoms with Gasteiger partial charge in [0.05, 0.1) is 11.4 Å². The number of nitrogens with one attached hydrogen (secondary N) is 3. The van der Waals surface area contributed by atoms with Crippen molar-refractivity contribution in [2.45, 2.75) is 24.9 Å². The molecule has 0 aliphatic carbocycles. The van der Waals surface area contributed by atoms with Crippen LogP contribution in [-0.2, 0) is 4.79 Å². The summed E-state index contributed by atoms with van der Waals surface area (Å²) in [5.41, 5.74) is 2.25. The van der Waals surface area contributed by atoms with E-state index < -0.39 is 41.3 Å². The summed E-state index contributed by atoms with van der Waals surface area (Å²) in [5, 5.41) is 7.40. The van der Waals surface area contributed by atoms with Crippen LogP contribution in [0.3, 0.4) is 0 Å². The van der Waals surface area contributed by atoms with Crippen molar-refractivity contribution in [1.82, 2.24) is 5.43 Å². The quantitative estimate of drug-likeness (QED) is 0.207. The van der Waals surface area contributed by atoms with Gasteiger partial charge >= 0.3 is 23.9 Å². The lowest BCUT2D eigenvalue weighted by atomic mass is 10.1. The molecule has 5 nitrogen and oxygen atoms in total. The molecule has 0 unspecified atom stereocenters. The number of anilines is 2. The summed E-state index contributed by atoms with van der Waals surface area (Å²) >= 11 is 4.91. The number of alkyl halides is 7. The molecule has 1 amide bonds. The second-order valence-corrected chi connectivity index (χ2v) is 6.97. The smallest absolute Gasteiger partial charge is 0.329 e. The Morgan fingerprint density at radius 2 is 1.50 bits per heavy atom. The number of hydrogen-bond donors (Lipinski definition) is 3. The largest absolute Gasteiger partial charge is 0.460 e. The number of benzene rings is 2. The number of carbonyl (C=O) groups excluding carboxylic acids is 1. The Bertz CT molecular complexity index is 1100. The first-order valence-corrected chi connectivity index (χ1v) is 9.27. The van der Waals surface area contributed by atoms with Crippen LogP contribution in [0.5, 0.6) is 0 Å². The standard InChI is InChI=1S/C19H13F9N4OS/c1-9(31-32-16(34)30-14-7-4-11(20)8-13(14)21)10-2-5-12(6-3-10)29-15(33)17(22,23)18(24,25)19(26,27)28/h2-8H,1H3,(H,29,33)(H2,30,32,34)/b31-9+. The Morgan fingerprint density at radius 1 is 0.912 bits per heavy atom. The van der Waals surface area contributed by atoms with Gasteiger partial charge < -0.3 is 10.6 Å². The van der Waals surface area contributed by atoms with E-state index in [1.54, 1.807) is 0 Å². The van der Waals surface area contributed by atoms with E-state index in [1.165, 1.54) is 24.4 Å². The second-order valence-electron chi connectivity index (χ2n) is 6.57. The van der Waals surface area contributed by atoms with Gasteiger partial charge in [0.2, 0.25) is 0 Å². The molecule has 0 radical (unpaired) electrons. The first-order valence-electron chi connectivity index (χ1n) is 8.87. The summed E-state index contributed by atoms with van der Waals surface area (Å²) in [7, 11) is 0. The molecule has 0 saturated heterocycles. The molecule has 15 heteroatoms. The molecule has 2 aromatic rings. The first kappa shape index (κ1) is 26.9. The zero-order valence-electron chi connectivity index (χ0n) is 16.7. The van der Waals surface area contributed by atoms with Crippen LogP contribution in [0.25, 0.3) is 0 Å². The molecule has 34 heavy (non-hydrogen) atoms. The van der Waals surface area contributed by atoms with Crippen LogP contribution in [0.1, 0.15) is 12.5 Å². The summed E-state index contributed by atoms with van der Waals surface area (Å²) in [6.07, 6.45) is -6.64. The van der Waals surface area contributed by atoms with Crippen LogP contribution in [0.4, 0.5) is 50.9 Å². The number of rotatable bonds is 6. The fourth-order valence-electron chi connectivity index (χ4n) is 2.27. The molecule has 0 bridgehead atoms. The maximum atomic E-state index is 13.6. The lowest BCUT2D eigenvalue weighted by Crippen LogP contribution is -2.57. The molecular formula is C19H13F9N4OS. The molecule has 0 heterocycles. The molecule has 0 fully saturated rings. The predicted octanol–water partition coefficient (Wildman–Crippen LogP) is 5.45. The van der Waals surface area contributed by atoms with Gasteiger partial charge in [-0.05, 0) is 49.0 Å². The van der Waals surface area contributed by atoms with E-state index in [2.05, 4.69) is 15.8 Å². The molecule has 0 aliphatic rings. The van der Waals surface area contributed by atoms with Crippen LogP contribution >= 0.6 is 12.2 Å². The third-order valence-corrected chi connectivity index (χ3v) is 4.29. The summed E-state index contributed by atoms with van der Waals surface area (Å²) in [4.78, 5) is 11.4. The summed E-state index contributed by atoms with van der Waals surface area (Å²) < 4.78 is 116. The van der Waals surface area contributed by atoms with Gasteiger partial charge in [0, 0.05) is 11.8 Å². The Hall–Kier alpha value is -3.36. The molecule has 0 aromatic heterocycles. The molecule has 2 rings (SSSR count). The fourth-order valence-corrected chi connectivity index (χ4v) is 2.42. The summed E-state index contributed by atoms with van der Waals surface area (Å²) in [5.74, 6) is -17.2. The minimum atomic E-state index is -6.64. The highest BCUT2D eigenvalue weighted by Crippen LogP contribution is 2.46. The van der Waals surface area contributed by atoms with Crippen LogP contribution in [0.15, 0.2) is 47.6 Å². The van der Waals surface area contributed by atoms with E-state index in [1.807, 2.05) is 0 Å². The highest BCUT2D eigenvalue weighted by Gasteiger charge is 2.76. The van der Waals surface area contributed by atoms with Crippen molar-refractivity contribution in [3.8, 4) is 0 Å². The maximum Gasteiger partial charge on any atom is 0.460 e. The van der Waals surface area contributed by atoms with Gasteiger partial charge in [-0.3, -0.25) is 10.2 Å². The van der Waals surface area contributed by atoms with Gasteiger partial charge in [-0.2, -0.15) is 35.8 Å². The summed E-state index contributed by atoms with van der Waals surface area (Å²) in [6, 6.07) is 6.99. The van der Waals surface area contributed by atoms with Gasteiger partial charge in [0.1, 0.15) is 11.6 Å². The second kappa shape index (κ2) is 9.87. The van der Waals surface area contributed by atoms with Crippen LogP contribution in [-0.4, -0.2) is 34.8 Å². The van der Waals surface area contributed by atoms with E-state index in [0.29, 0.717) is 11.6 Å². The number of carbonyl (C=O) groups is 1. The van der Waals surface area contributed by atoms with Crippen LogP contribution in [0, 0.1) is 11.6 Å². The lowest BCUT2D eigenvalue weighted by molar-refractivity contribution is -0.343. The number of amides is 1. The molecule has 0 spiro atoms. The molecule has 3 N–H and O–H groups in total. The van der Waals surface area contributed by atoms with E-state index in [4.69, 9.17) is 12.2 Å². The Kier molecular flexibility index (Phi) is 7.80. The topological polar surface area (TPSA) is 65.5 Å². The minimum Gasteiger partial charge on any atom is -0.329 e. The number of nitrogens with zero attached hydrogens (tertiary/aromatic N) is 1. The average Bonchev–Trinajstić information content (AvgIpc) is 2.73. The van der Waals surface area contributed by atoms with Gasteiger partial charge in [-0.25, -0.2) is 8.78 Å². The lowest BCUT2D eigenvalue weighted by Gasteiger charge is -2.27. The van der Waals surface area contributed by atoms with E-state index in [9.17, 15) is 44.3 Å². The molecule has 2 aromatic carbocycles.